The highest BCUT2D eigenvalue weighted by atomic mass is 32.2. The molecule has 3 rings (SSSR count). The van der Waals surface area contributed by atoms with Gasteiger partial charge in [0.15, 0.2) is 0 Å². The molecule has 0 saturated heterocycles. The third-order valence-corrected chi connectivity index (χ3v) is 5.19. The van der Waals surface area contributed by atoms with Gasteiger partial charge < -0.3 is 10.1 Å². The van der Waals surface area contributed by atoms with Gasteiger partial charge in [-0.2, -0.15) is 13.2 Å². The molecule has 7 nitrogen and oxygen atoms in total. The SMILES string of the molecule is C#Cc1cc(CNC(=O)C=Cc2ccc(C(F)(F)F)nc2Oc2ccccc2)cc(F)c1NS(C)(=O)=O. The Morgan fingerprint density at radius 3 is 2.49 bits per heavy atom. The van der Waals surface area contributed by atoms with Gasteiger partial charge in [-0.25, -0.2) is 17.8 Å². The van der Waals surface area contributed by atoms with Crippen molar-refractivity contribution in [1.82, 2.24) is 10.3 Å². The van der Waals surface area contributed by atoms with E-state index in [4.69, 9.17) is 11.2 Å². The summed E-state index contributed by atoms with van der Waals surface area (Å²) in [5, 5.41) is 2.48. The number of benzene rings is 2. The molecule has 0 aliphatic rings. The minimum Gasteiger partial charge on any atom is -0.438 e. The van der Waals surface area contributed by atoms with Crippen LogP contribution >= 0.6 is 0 Å². The zero-order valence-electron chi connectivity index (χ0n) is 19.1. The van der Waals surface area contributed by atoms with Crippen LogP contribution in [0.5, 0.6) is 11.6 Å². The van der Waals surface area contributed by atoms with E-state index in [2.05, 4.69) is 16.2 Å². The third kappa shape index (κ3) is 7.81. The molecule has 0 saturated carbocycles. The van der Waals surface area contributed by atoms with Crippen LogP contribution in [0.4, 0.5) is 23.2 Å². The average molecular weight is 534 g/mol. The van der Waals surface area contributed by atoms with Crippen molar-refractivity contribution in [1.29, 1.82) is 0 Å². The van der Waals surface area contributed by atoms with Crippen LogP contribution in [-0.4, -0.2) is 25.6 Å². The average Bonchev–Trinajstić information content (AvgIpc) is 2.82. The molecule has 1 heterocycles. The number of halogens is 4. The smallest absolute Gasteiger partial charge is 0.433 e. The Labute approximate surface area is 210 Å². The predicted molar refractivity (Wildman–Crippen MR) is 129 cm³/mol. The molecule has 1 amide bonds. The number of para-hydroxylation sites is 1. The van der Waals surface area contributed by atoms with Gasteiger partial charge in [-0.15, -0.1) is 6.42 Å². The van der Waals surface area contributed by atoms with Crippen LogP contribution in [0.25, 0.3) is 6.08 Å². The first-order valence-corrected chi connectivity index (χ1v) is 12.3. The van der Waals surface area contributed by atoms with Gasteiger partial charge >= 0.3 is 6.18 Å². The van der Waals surface area contributed by atoms with Gasteiger partial charge in [0.05, 0.1) is 17.5 Å². The number of carbonyl (C=O) groups is 1. The van der Waals surface area contributed by atoms with E-state index in [1.807, 2.05) is 4.72 Å². The Hall–Kier alpha value is -4.37. The number of terminal acetylenes is 1. The number of nitrogens with one attached hydrogen (secondary N) is 2. The number of carbonyl (C=O) groups excluding carboxylic acids is 1. The second-order valence-electron chi connectivity index (χ2n) is 7.57. The summed E-state index contributed by atoms with van der Waals surface area (Å²) < 4.78 is 84.1. The van der Waals surface area contributed by atoms with Crippen molar-refractivity contribution >= 4 is 27.7 Å². The Morgan fingerprint density at radius 2 is 1.86 bits per heavy atom. The molecule has 3 aromatic rings. The predicted octanol–water partition coefficient (Wildman–Crippen LogP) is 4.71. The Kier molecular flexibility index (Phi) is 8.19. The number of pyridine rings is 1. The Balaban J connectivity index is 1.77. The lowest BCUT2D eigenvalue weighted by molar-refractivity contribution is -0.141. The number of aromatic nitrogens is 1. The van der Waals surface area contributed by atoms with Crippen LogP contribution in [0.1, 0.15) is 22.4 Å². The molecule has 0 aliphatic carbocycles. The fourth-order valence-electron chi connectivity index (χ4n) is 3.00. The number of rotatable bonds is 8. The summed E-state index contributed by atoms with van der Waals surface area (Å²) in [7, 11) is -3.78. The van der Waals surface area contributed by atoms with Crippen LogP contribution in [0.2, 0.25) is 0 Å². The molecule has 12 heteroatoms. The normalized spacial score (nSPS) is 11.7. The lowest BCUT2D eigenvalue weighted by Crippen LogP contribution is -2.20. The largest absolute Gasteiger partial charge is 0.438 e. The van der Waals surface area contributed by atoms with E-state index in [1.54, 1.807) is 18.2 Å². The minimum atomic E-state index is -4.70. The maximum atomic E-state index is 14.4. The summed E-state index contributed by atoms with van der Waals surface area (Å²) in [6.07, 6.45) is 3.74. The first-order chi connectivity index (χ1) is 17.4. The molecule has 0 aliphatic heterocycles. The molecule has 2 aromatic carbocycles. The second kappa shape index (κ2) is 11.1. The molecule has 0 bridgehead atoms. The first kappa shape index (κ1) is 27.2. The lowest BCUT2D eigenvalue weighted by atomic mass is 10.1. The second-order valence-corrected chi connectivity index (χ2v) is 9.32. The molecule has 2 N–H and O–H groups in total. The highest BCUT2D eigenvalue weighted by Crippen LogP contribution is 2.32. The summed E-state index contributed by atoms with van der Waals surface area (Å²) in [5.74, 6) is 0.471. The van der Waals surface area contributed by atoms with Gasteiger partial charge in [0.2, 0.25) is 21.8 Å². The standard InChI is InChI=1S/C25H19F4N3O4S/c1-3-17-13-16(14-20(26)23(17)32-37(2,34)35)15-30-22(33)12-10-18-9-11-21(25(27,28)29)31-24(18)36-19-7-5-4-6-8-19/h1,4-14,32H,15H2,2H3,(H,30,33). The van der Waals surface area contributed by atoms with Crippen LogP contribution in [0, 0.1) is 18.2 Å². The third-order valence-electron chi connectivity index (χ3n) is 4.61. The van der Waals surface area contributed by atoms with Crippen LogP contribution in [0.3, 0.4) is 0 Å². The fraction of sp³-hybridized carbons (Fsp3) is 0.120. The molecule has 0 unspecified atom stereocenters. The van der Waals surface area contributed by atoms with Crippen molar-refractivity contribution < 1.29 is 35.5 Å². The molecule has 37 heavy (non-hydrogen) atoms. The summed E-state index contributed by atoms with van der Waals surface area (Å²) in [4.78, 5) is 15.8. The summed E-state index contributed by atoms with van der Waals surface area (Å²) in [6, 6.07) is 12.2. The zero-order valence-corrected chi connectivity index (χ0v) is 20.0. The number of amides is 1. The van der Waals surface area contributed by atoms with Crippen molar-refractivity contribution in [2.75, 3.05) is 11.0 Å². The topological polar surface area (TPSA) is 97.4 Å². The number of hydrogen-bond acceptors (Lipinski definition) is 5. The van der Waals surface area contributed by atoms with Gasteiger partial charge in [-0.3, -0.25) is 9.52 Å². The van der Waals surface area contributed by atoms with E-state index in [-0.39, 0.29) is 40.6 Å². The number of alkyl halides is 3. The van der Waals surface area contributed by atoms with E-state index in [0.29, 0.717) is 0 Å². The summed E-state index contributed by atoms with van der Waals surface area (Å²) in [5.41, 5.74) is -1.27. The Morgan fingerprint density at radius 1 is 1.16 bits per heavy atom. The van der Waals surface area contributed by atoms with E-state index in [1.165, 1.54) is 24.3 Å². The van der Waals surface area contributed by atoms with Gasteiger partial charge in [-0.1, -0.05) is 24.1 Å². The van der Waals surface area contributed by atoms with Crippen molar-refractivity contribution in [3.8, 4) is 24.0 Å². The molecular weight excluding hydrogens is 514 g/mol. The highest BCUT2D eigenvalue weighted by molar-refractivity contribution is 7.92. The number of ether oxygens (including phenoxy) is 1. The number of hydrogen-bond donors (Lipinski definition) is 2. The quantitative estimate of drug-likeness (QED) is 0.248. The van der Waals surface area contributed by atoms with Gasteiger partial charge in [0, 0.05) is 18.2 Å². The van der Waals surface area contributed by atoms with Gasteiger partial charge in [-0.05, 0) is 48.0 Å². The molecule has 192 valence electrons. The lowest BCUT2D eigenvalue weighted by Gasteiger charge is -2.12. The zero-order chi connectivity index (χ0) is 27.2. The van der Waals surface area contributed by atoms with Crippen molar-refractivity contribution in [2.24, 2.45) is 0 Å². The summed E-state index contributed by atoms with van der Waals surface area (Å²) in [6.45, 7) is -0.174. The summed E-state index contributed by atoms with van der Waals surface area (Å²) >= 11 is 0. The molecular formula is C25H19F4N3O4S. The molecule has 1 aromatic heterocycles. The van der Waals surface area contributed by atoms with E-state index in [0.717, 1.165) is 30.5 Å². The first-order valence-electron chi connectivity index (χ1n) is 10.4. The molecule has 0 fully saturated rings. The number of sulfonamides is 1. The van der Waals surface area contributed by atoms with Crippen LogP contribution in [0.15, 0.2) is 60.7 Å². The molecule has 0 atom stereocenters. The maximum absolute atomic E-state index is 14.4. The van der Waals surface area contributed by atoms with Crippen LogP contribution in [-0.2, 0) is 27.5 Å². The molecule has 0 spiro atoms. The van der Waals surface area contributed by atoms with E-state index in [9.17, 15) is 30.8 Å². The Bertz CT molecular complexity index is 1480. The van der Waals surface area contributed by atoms with E-state index >= 15 is 0 Å². The van der Waals surface area contributed by atoms with Gasteiger partial charge in [0.1, 0.15) is 17.3 Å². The van der Waals surface area contributed by atoms with Gasteiger partial charge in [0.25, 0.3) is 0 Å². The van der Waals surface area contributed by atoms with Crippen molar-refractivity contribution in [3.05, 3.63) is 88.9 Å². The number of anilines is 1. The monoisotopic (exact) mass is 533 g/mol. The fourth-order valence-corrected chi connectivity index (χ4v) is 3.58. The maximum Gasteiger partial charge on any atom is 0.433 e. The number of nitrogens with zero attached hydrogens (tertiary/aromatic N) is 1. The van der Waals surface area contributed by atoms with Crippen LogP contribution < -0.4 is 14.8 Å². The van der Waals surface area contributed by atoms with Crippen molar-refractivity contribution in [3.63, 3.8) is 0 Å². The molecule has 0 radical (unpaired) electrons. The van der Waals surface area contributed by atoms with E-state index < -0.39 is 33.6 Å². The minimum absolute atomic E-state index is 0.0660. The highest BCUT2D eigenvalue weighted by Gasteiger charge is 2.33. The van der Waals surface area contributed by atoms with Crippen molar-refractivity contribution in [2.45, 2.75) is 12.7 Å².